The highest BCUT2D eigenvalue weighted by Gasteiger charge is 2.60. The van der Waals surface area contributed by atoms with Crippen LogP contribution in [0, 0.1) is 28.6 Å². The minimum absolute atomic E-state index is 0.0227. The molecule has 0 unspecified atom stereocenters. The predicted octanol–water partition coefficient (Wildman–Crippen LogP) is 4.44. The quantitative estimate of drug-likeness (QED) is 0.671. The molecule has 2 fully saturated rings. The lowest BCUT2D eigenvalue weighted by Gasteiger charge is -2.55. The number of hydrogen-bond acceptors (Lipinski definition) is 2. The molecule has 0 radical (unpaired) electrons. The number of aliphatic hydroxyl groups is 1. The molecule has 2 nitrogen and oxygen atoms in total. The van der Waals surface area contributed by atoms with E-state index in [1.165, 1.54) is 5.57 Å². The highest BCUT2D eigenvalue weighted by molar-refractivity contribution is 5.93. The monoisotopic (exact) mass is 314 g/mol. The third-order valence-electron chi connectivity index (χ3n) is 8.21. The number of fused-ring (bicyclic) bond motifs is 5. The van der Waals surface area contributed by atoms with Gasteiger partial charge in [0.1, 0.15) is 0 Å². The Hall–Kier alpha value is -0.890. The van der Waals surface area contributed by atoms with Crippen molar-refractivity contribution in [3.63, 3.8) is 0 Å². The summed E-state index contributed by atoms with van der Waals surface area (Å²) in [5.41, 5.74) is 2.54. The molecular formula is C21H30O2. The van der Waals surface area contributed by atoms with Crippen LogP contribution in [0.1, 0.15) is 66.2 Å². The third kappa shape index (κ3) is 1.88. The lowest BCUT2D eigenvalue weighted by Crippen LogP contribution is -2.49. The first-order valence-electron chi connectivity index (χ1n) is 9.37. The van der Waals surface area contributed by atoms with Crippen molar-refractivity contribution in [2.75, 3.05) is 0 Å². The molecule has 0 aromatic carbocycles. The molecule has 0 saturated heterocycles. The first kappa shape index (κ1) is 15.6. The summed E-state index contributed by atoms with van der Waals surface area (Å²) in [7, 11) is 0. The average Bonchev–Trinajstić information content (AvgIpc) is 2.71. The predicted molar refractivity (Wildman–Crippen MR) is 91.9 cm³/mol. The summed E-state index contributed by atoms with van der Waals surface area (Å²) >= 11 is 0. The van der Waals surface area contributed by atoms with Gasteiger partial charge in [-0.2, -0.15) is 0 Å². The normalized spacial score (nSPS) is 52.2. The SMILES string of the molecule is C[C@@H]1C[C@]2(C)C(=CC1=O)CC[C@@H]1C2=CC[C@]2(C)[C@H]1CC[C@@]2(C)O. The van der Waals surface area contributed by atoms with Crippen LogP contribution in [-0.4, -0.2) is 16.5 Å². The standard InChI is InChI=1S/C21H30O2/c1-13-12-19(2)14(11-18(13)22)5-6-15-16(19)7-9-20(3)17(15)8-10-21(20,4)23/h7,11,13,15,17,23H,5-6,8-10,12H2,1-4H3/t13-,15-,17+,19-,20-,21-/m1/s1. The number of ketones is 1. The molecule has 23 heavy (non-hydrogen) atoms. The van der Waals surface area contributed by atoms with Crippen molar-refractivity contribution in [1.29, 1.82) is 0 Å². The summed E-state index contributed by atoms with van der Waals surface area (Å²) in [6, 6.07) is 0. The van der Waals surface area contributed by atoms with Gasteiger partial charge >= 0.3 is 0 Å². The summed E-state index contributed by atoms with van der Waals surface area (Å²) in [6.07, 6.45) is 10.7. The van der Waals surface area contributed by atoms with E-state index in [1.54, 1.807) is 5.57 Å². The fourth-order valence-corrected chi connectivity index (χ4v) is 6.42. The van der Waals surface area contributed by atoms with Gasteiger partial charge in [0.05, 0.1) is 5.60 Å². The van der Waals surface area contributed by atoms with Gasteiger partial charge in [-0.15, -0.1) is 0 Å². The number of carbonyl (C=O) groups is 1. The van der Waals surface area contributed by atoms with Crippen LogP contribution in [0.25, 0.3) is 0 Å². The third-order valence-corrected chi connectivity index (χ3v) is 8.21. The van der Waals surface area contributed by atoms with Crippen molar-refractivity contribution < 1.29 is 9.90 Å². The maximum atomic E-state index is 12.1. The number of rotatable bonds is 0. The Labute approximate surface area is 140 Å². The zero-order valence-corrected chi connectivity index (χ0v) is 15.0. The zero-order valence-electron chi connectivity index (χ0n) is 15.0. The average molecular weight is 314 g/mol. The fraction of sp³-hybridized carbons (Fsp3) is 0.762. The second kappa shape index (κ2) is 4.59. The topological polar surface area (TPSA) is 37.3 Å². The first-order valence-corrected chi connectivity index (χ1v) is 9.37. The van der Waals surface area contributed by atoms with Crippen LogP contribution in [0.15, 0.2) is 23.3 Å². The Morgan fingerprint density at radius 3 is 2.70 bits per heavy atom. The molecular weight excluding hydrogens is 284 g/mol. The van der Waals surface area contributed by atoms with Gasteiger partial charge in [-0.05, 0) is 63.4 Å². The lowest BCUT2D eigenvalue weighted by molar-refractivity contribution is -0.119. The summed E-state index contributed by atoms with van der Waals surface area (Å²) in [6.45, 7) is 8.80. The van der Waals surface area contributed by atoms with Gasteiger partial charge in [-0.25, -0.2) is 0 Å². The molecule has 126 valence electrons. The van der Waals surface area contributed by atoms with E-state index in [2.05, 4.69) is 26.8 Å². The molecule has 0 aromatic rings. The lowest BCUT2D eigenvalue weighted by atomic mass is 9.50. The van der Waals surface area contributed by atoms with Crippen LogP contribution in [0.2, 0.25) is 0 Å². The van der Waals surface area contributed by atoms with Crippen molar-refractivity contribution >= 4 is 5.78 Å². The van der Waals surface area contributed by atoms with E-state index in [0.717, 1.165) is 38.5 Å². The van der Waals surface area contributed by atoms with Gasteiger partial charge in [-0.3, -0.25) is 4.79 Å². The number of allylic oxidation sites excluding steroid dienone is 4. The highest BCUT2D eigenvalue weighted by atomic mass is 16.3. The van der Waals surface area contributed by atoms with Crippen molar-refractivity contribution in [3.05, 3.63) is 23.3 Å². The molecule has 2 heteroatoms. The van der Waals surface area contributed by atoms with Crippen LogP contribution in [0.4, 0.5) is 0 Å². The summed E-state index contributed by atoms with van der Waals surface area (Å²) in [5, 5.41) is 10.9. The molecule has 4 aliphatic carbocycles. The van der Waals surface area contributed by atoms with E-state index < -0.39 is 5.60 Å². The Morgan fingerprint density at radius 1 is 1.22 bits per heavy atom. The Bertz CT molecular complexity index is 626. The summed E-state index contributed by atoms with van der Waals surface area (Å²) in [5.74, 6) is 1.67. The van der Waals surface area contributed by atoms with E-state index >= 15 is 0 Å². The Balaban J connectivity index is 1.78. The van der Waals surface area contributed by atoms with E-state index in [9.17, 15) is 9.90 Å². The maximum Gasteiger partial charge on any atom is 0.158 e. The maximum absolute atomic E-state index is 12.1. The molecule has 0 aliphatic heterocycles. The van der Waals surface area contributed by atoms with Gasteiger partial charge in [0.25, 0.3) is 0 Å². The molecule has 4 rings (SSSR count). The molecule has 0 amide bonds. The van der Waals surface area contributed by atoms with E-state index in [1.807, 2.05) is 13.0 Å². The molecule has 4 aliphatic rings. The van der Waals surface area contributed by atoms with E-state index in [0.29, 0.717) is 17.6 Å². The minimum atomic E-state index is -0.535. The molecule has 0 spiro atoms. The Kier molecular flexibility index (Phi) is 3.12. The van der Waals surface area contributed by atoms with E-state index in [-0.39, 0.29) is 16.7 Å². The van der Waals surface area contributed by atoms with Crippen molar-refractivity contribution in [3.8, 4) is 0 Å². The Morgan fingerprint density at radius 2 is 1.96 bits per heavy atom. The molecule has 0 heterocycles. The van der Waals surface area contributed by atoms with Crippen LogP contribution < -0.4 is 0 Å². The number of carbonyl (C=O) groups excluding carboxylic acids is 1. The minimum Gasteiger partial charge on any atom is -0.390 e. The van der Waals surface area contributed by atoms with Gasteiger partial charge in [0.2, 0.25) is 0 Å². The second-order valence-corrected chi connectivity index (χ2v) is 9.35. The van der Waals surface area contributed by atoms with Gasteiger partial charge in [0.15, 0.2) is 5.78 Å². The van der Waals surface area contributed by atoms with Crippen molar-refractivity contribution in [2.45, 2.75) is 71.8 Å². The fourth-order valence-electron chi connectivity index (χ4n) is 6.42. The van der Waals surface area contributed by atoms with Crippen LogP contribution in [0.3, 0.4) is 0 Å². The summed E-state index contributed by atoms with van der Waals surface area (Å²) in [4.78, 5) is 12.1. The highest BCUT2D eigenvalue weighted by Crippen LogP contribution is 2.65. The van der Waals surface area contributed by atoms with Crippen molar-refractivity contribution in [2.24, 2.45) is 28.6 Å². The summed E-state index contributed by atoms with van der Waals surface area (Å²) < 4.78 is 0. The molecule has 0 aromatic heterocycles. The van der Waals surface area contributed by atoms with Gasteiger partial charge < -0.3 is 5.11 Å². The van der Waals surface area contributed by atoms with Crippen LogP contribution in [0.5, 0.6) is 0 Å². The molecule has 1 N–H and O–H groups in total. The van der Waals surface area contributed by atoms with Crippen molar-refractivity contribution in [1.82, 2.24) is 0 Å². The van der Waals surface area contributed by atoms with E-state index in [4.69, 9.17) is 0 Å². The van der Waals surface area contributed by atoms with Crippen LogP contribution >= 0.6 is 0 Å². The largest absolute Gasteiger partial charge is 0.390 e. The first-order chi connectivity index (χ1) is 10.7. The zero-order chi connectivity index (χ0) is 16.6. The molecule has 0 bridgehead atoms. The smallest absolute Gasteiger partial charge is 0.158 e. The molecule has 6 atom stereocenters. The van der Waals surface area contributed by atoms with Crippen LogP contribution in [-0.2, 0) is 4.79 Å². The number of hydrogen-bond donors (Lipinski definition) is 1. The molecule has 2 saturated carbocycles. The van der Waals surface area contributed by atoms with Gasteiger partial charge in [0, 0.05) is 16.7 Å². The van der Waals surface area contributed by atoms with Gasteiger partial charge in [-0.1, -0.05) is 38.0 Å². The second-order valence-electron chi connectivity index (χ2n) is 9.35.